The Kier molecular flexibility index (Phi) is 4.94. The summed E-state index contributed by atoms with van der Waals surface area (Å²) in [5.41, 5.74) is 0.491. The van der Waals surface area contributed by atoms with Gasteiger partial charge in [0.05, 0.1) is 4.90 Å². The van der Waals surface area contributed by atoms with Crippen LogP contribution in [-0.2, 0) is 10.0 Å². The van der Waals surface area contributed by atoms with Gasteiger partial charge >= 0.3 is 0 Å². The molecule has 0 spiro atoms. The van der Waals surface area contributed by atoms with Gasteiger partial charge in [-0.2, -0.15) is 9.29 Å². The molecule has 4 rings (SSSR count). The van der Waals surface area contributed by atoms with Crippen molar-refractivity contribution in [3.8, 4) is 11.5 Å². The maximum Gasteiger partial charge on any atom is 0.258 e. The topological polar surface area (TPSA) is 76.3 Å². The summed E-state index contributed by atoms with van der Waals surface area (Å²) in [5.74, 6) is -0.350. The second-order valence-corrected chi connectivity index (χ2v) is 8.54. The molecule has 1 aromatic heterocycles. The van der Waals surface area contributed by atoms with Crippen LogP contribution in [0.4, 0.5) is 8.78 Å². The van der Waals surface area contributed by atoms with Crippen LogP contribution in [0.15, 0.2) is 57.9 Å². The van der Waals surface area contributed by atoms with Gasteiger partial charge in [0.15, 0.2) is 5.82 Å². The summed E-state index contributed by atoms with van der Waals surface area (Å²) in [6.45, 7) is 0.542. The first-order valence-electron chi connectivity index (χ1n) is 8.79. The van der Waals surface area contributed by atoms with E-state index in [0.29, 0.717) is 24.2 Å². The Morgan fingerprint density at radius 1 is 1.00 bits per heavy atom. The van der Waals surface area contributed by atoms with Crippen molar-refractivity contribution in [2.75, 3.05) is 13.1 Å². The normalized spacial score (nSPS) is 16.4. The maximum absolute atomic E-state index is 13.4. The Bertz CT molecular complexity index is 1090. The van der Waals surface area contributed by atoms with Crippen LogP contribution < -0.4 is 0 Å². The van der Waals surface area contributed by atoms with Crippen LogP contribution in [0.3, 0.4) is 0 Å². The summed E-state index contributed by atoms with van der Waals surface area (Å²) in [5, 5.41) is 3.98. The molecule has 146 valence electrons. The molecule has 1 saturated heterocycles. The molecule has 6 nitrogen and oxygen atoms in total. The summed E-state index contributed by atoms with van der Waals surface area (Å²) >= 11 is 0. The van der Waals surface area contributed by atoms with E-state index in [1.165, 1.54) is 34.6 Å². The highest BCUT2D eigenvalue weighted by Gasteiger charge is 2.32. The Morgan fingerprint density at radius 2 is 1.68 bits per heavy atom. The third kappa shape index (κ3) is 3.67. The molecule has 1 aliphatic heterocycles. The van der Waals surface area contributed by atoms with Crippen LogP contribution >= 0.6 is 0 Å². The fourth-order valence-corrected chi connectivity index (χ4v) is 4.77. The first kappa shape index (κ1) is 18.7. The molecule has 0 atom stereocenters. The predicted molar refractivity (Wildman–Crippen MR) is 96.8 cm³/mol. The Morgan fingerprint density at radius 3 is 2.36 bits per heavy atom. The van der Waals surface area contributed by atoms with E-state index in [0.717, 1.165) is 6.07 Å². The zero-order valence-corrected chi connectivity index (χ0v) is 15.6. The summed E-state index contributed by atoms with van der Waals surface area (Å²) in [7, 11) is -3.75. The van der Waals surface area contributed by atoms with Crippen LogP contribution in [0.1, 0.15) is 24.6 Å². The van der Waals surface area contributed by atoms with E-state index in [9.17, 15) is 17.2 Å². The average Bonchev–Trinajstić information content (AvgIpc) is 3.18. The number of aromatic nitrogens is 2. The highest BCUT2D eigenvalue weighted by Crippen LogP contribution is 2.30. The molecule has 9 heteroatoms. The number of benzene rings is 2. The van der Waals surface area contributed by atoms with Crippen molar-refractivity contribution in [2.24, 2.45) is 0 Å². The molecule has 0 aliphatic carbocycles. The molecule has 0 bridgehead atoms. The van der Waals surface area contributed by atoms with Crippen molar-refractivity contribution in [1.82, 2.24) is 14.4 Å². The van der Waals surface area contributed by atoms with Gasteiger partial charge in [0, 0.05) is 24.6 Å². The lowest BCUT2D eigenvalue weighted by Gasteiger charge is -2.29. The first-order valence-corrected chi connectivity index (χ1v) is 10.2. The third-order valence-corrected chi connectivity index (χ3v) is 6.66. The van der Waals surface area contributed by atoms with E-state index in [-0.39, 0.29) is 29.8 Å². The molecule has 0 unspecified atom stereocenters. The number of sulfonamides is 1. The molecular formula is C19H17F2N3O3S. The monoisotopic (exact) mass is 405 g/mol. The van der Waals surface area contributed by atoms with Crippen LogP contribution in [0.25, 0.3) is 11.5 Å². The van der Waals surface area contributed by atoms with E-state index in [2.05, 4.69) is 10.1 Å². The summed E-state index contributed by atoms with van der Waals surface area (Å²) in [6, 6.07) is 10.9. The zero-order valence-electron chi connectivity index (χ0n) is 14.8. The lowest BCUT2D eigenvalue weighted by atomic mass is 9.97. The molecule has 2 aromatic carbocycles. The van der Waals surface area contributed by atoms with Crippen molar-refractivity contribution in [3.63, 3.8) is 0 Å². The standard InChI is InChI=1S/C19H17F2N3O3S/c20-15-4-1-3-14(11-15)19-22-18(23-27-19)13-7-9-24(10-8-13)28(25,26)17-6-2-5-16(21)12-17/h1-6,11-13H,7-10H2. The van der Waals surface area contributed by atoms with Gasteiger partial charge in [0.2, 0.25) is 10.0 Å². The minimum Gasteiger partial charge on any atom is -0.334 e. The lowest BCUT2D eigenvalue weighted by Crippen LogP contribution is -2.38. The van der Waals surface area contributed by atoms with E-state index < -0.39 is 21.7 Å². The third-order valence-electron chi connectivity index (χ3n) is 4.77. The fourth-order valence-electron chi connectivity index (χ4n) is 3.27. The summed E-state index contributed by atoms with van der Waals surface area (Å²) < 4.78 is 58.7. The molecule has 3 aromatic rings. The number of hydrogen-bond donors (Lipinski definition) is 0. The van der Waals surface area contributed by atoms with Gasteiger partial charge in [0.25, 0.3) is 5.89 Å². The van der Waals surface area contributed by atoms with Gasteiger partial charge in [0.1, 0.15) is 11.6 Å². The van der Waals surface area contributed by atoms with Crippen molar-refractivity contribution < 1.29 is 21.7 Å². The number of nitrogens with zero attached hydrogens (tertiary/aromatic N) is 3. The van der Waals surface area contributed by atoms with Crippen molar-refractivity contribution in [2.45, 2.75) is 23.7 Å². The highest BCUT2D eigenvalue weighted by molar-refractivity contribution is 7.89. The minimum absolute atomic E-state index is 0.0566. The Balaban J connectivity index is 1.46. The first-order chi connectivity index (χ1) is 13.4. The van der Waals surface area contributed by atoms with Gasteiger partial charge in [-0.3, -0.25) is 0 Å². The molecular weight excluding hydrogens is 388 g/mol. The predicted octanol–water partition coefficient (Wildman–Crippen LogP) is 3.58. The van der Waals surface area contributed by atoms with E-state index in [4.69, 9.17) is 4.52 Å². The van der Waals surface area contributed by atoms with Crippen LogP contribution in [0, 0.1) is 11.6 Å². The van der Waals surface area contributed by atoms with Gasteiger partial charge in [-0.1, -0.05) is 17.3 Å². The molecule has 0 saturated carbocycles. The maximum atomic E-state index is 13.4. The highest BCUT2D eigenvalue weighted by atomic mass is 32.2. The molecule has 1 fully saturated rings. The van der Waals surface area contributed by atoms with Crippen LogP contribution in [0.5, 0.6) is 0 Å². The molecule has 28 heavy (non-hydrogen) atoms. The van der Waals surface area contributed by atoms with Gasteiger partial charge in [-0.15, -0.1) is 0 Å². The fraction of sp³-hybridized carbons (Fsp3) is 0.263. The molecule has 0 amide bonds. The molecule has 0 radical (unpaired) electrons. The SMILES string of the molecule is O=S(=O)(c1cccc(F)c1)N1CCC(c2noc(-c3cccc(F)c3)n2)CC1. The molecule has 1 aliphatic rings. The van der Waals surface area contributed by atoms with Crippen LogP contribution in [0.2, 0.25) is 0 Å². The van der Waals surface area contributed by atoms with E-state index >= 15 is 0 Å². The lowest BCUT2D eigenvalue weighted by molar-refractivity contribution is 0.307. The second-order valence-electron chi connectivity index (χ2n) is 6.60. The molecule has 0 N–H and O–H groups in total. The number of hydrogen-bond acceptors (Lipinski definition) is 5. The van der Waals surface area contributed by atoms with Gasteiger partial charge < -0.3 is 4.52 Å². The van der Waals surface area contributed by atoms with Crippen molar-refractivity contribution in [3.05, 3.63) is 66.0 Å². The number of rotatable bonds is 4. The molecule has 2 heterocycles. The van der Waals surface area contributed by atoms with Crippen molar-refractivity contribution in [1.29, 1.82) is 0 Å². The quantitative estimate of drug-likeness (QED) is 0.663. The second kappa shape index (κ2) is 7.40. The van der Waals surface area contributed by atoms with Crippen molar-refractivity contribution >= 4 is 10.0 Å². The Labute approximate surface area is 160 Å². The number of piperidine rings is 1. The zero-order chi connectivity index (χ0) is 19.7. The average molecular weight is 405 g/mol. The summed E-state index contributed by atoms with van der Waals surface area (Å²) in [4.78, 5) is 4.28. The number of halogens is 2. The Hall–Kier alpha value is -2.65. The minimum atomic E-state index is -3.75. The van der Waals surface area contributed by atoms with E-state index in [1.54, 1.807) is 12.1 Å². The van der Waals surface area contributed by atoms with Gasteiger partial charge in [-0.25, -0.2) is 17.2 Å². The van der Waals surface area contributed by atoms with Gasteiger partial charge in [-0.05, 0) is 49.2 Å². The van der Waals surface area contributed by atoms with E-state index in [1.807, 2.05) is 0 Å². The van der Waals surface area contributed by atoms with Crippen LogP contribution in [-0.4, -0.2) is 36.0 Å². The largest absolute Gasteiger partial charge is 0.334 e. The summed E-state index contributed by atoms with van der Waals surface area (Å²) in [6.07, 6.45) is 1.02. The smallest absolute Gasteiger partial charge is 0.258 e.